The highest BCUT2D eigenvalue weighted by molar-refractivity contribution is 9.09. The van der Waals surface area contributed by atoms with Crippen molar-refractivity contribution in [3.05, 3.63) is 27.6 Å². The number of hydrogen-bond acceptors (Lipinski definition) is 3. The third-order valence-electron chi connectivity index (χ3n) is 2.50. The second-order valence-electron chi connectivity index (χ2n) is 3.32. The average Bonchev–Trinajstić information content (AvgIpc) is 2.75. The first-order chi connectivity index (χ1) is 6.77. The Balaban J connectivity index is 2.47. The van der Waals surface area contributed by atoms with Gasteiger partial charge in [-0.25, -0.2) is 4.98 Å². The van der Waals surface area contributed by atoms with Gasteiger partial charge in [0.2, 0.25) is 0 Å². The minimum atomic E-state index is 0.105. The molecule has 0 fully saturated rings. The van der Waals surface area contributed by atoms with E-state index in [1.807, 2.05) is 11.4 Å². The van der Waals surface area contributed by atoms with Crippen LogP contribution in [0.25, 0.3) is 10.2 Å². The molecule has 2 aromatic heterocycles. The lowest BCUT2D eigenvalue weighted by atomic mass is 10.3. The maximum absolute atomic E-state index is 11.9. The van der Waals surface area contributed by atoms with Crippen molar-refractivity contribution in [2.24, 2.45) is 0 Å². The molecule has 2 aromatic rings. The van der Waals surface area contributed by atoms with E-state index in [-0.39, 0.29) is 10.4 Å². The van der Waals surface area contributed by atoms with E-state index in [0.29, 0.717) is 0 Å². The van der Waals surface area contributed by atoms with E-state index in [4.69, 9.17) is 0 Å². The van der Waals surface area contributed by atoms with Crippen molar-refractivity contribution >= 4 is 37.5 Å². The van der Waals surface area contributed by atoms with Gasteiger partial charge in [0.15, 0.2) is 0 Å². The Morgan fingerprint density at radius 3 is 3.36 bits per heavy atom. The fraction of sp³-hybridized carbons (Fsp3) is 0.333. The Kier molecular flexibility index (Phi) is 1.79. The number of aromatic nitrogens is 2. The molecule has 1 aliphatic rings. The molecular weight excluding hydrogens is 264 g/mol. The van der Waals surface area contributed by atoms with Crippen LogP contribution in [-0.4, -0.2) is 9.55 Å². The van der Waals surface area contributed by atoms with Crippen LogP contribution >= 0.6 is 27.3 Å². The Labute approximate surface area is 92.5 Å². The lowest BCUT2D eigenvalue weighted by Crippen LogP contribution is -2.20. The summed E-state index contributed by atoms with van der Waals surface area (Å²) >= 11 is 5.05. The van der Waals surface area contributed by atoms with Crippen molar-refractivity contribution in [1.29, 1.82) is 0 Å². The molecule has 0 aromatic carbocycles. The summed E-state index contributed by atoms with van der Waals surface area (Å²) in [6.45, 7) is 0.781. The number of alkyl halides is 1. The van der Waals surface area contributed by atoms with Crippen molar-refractivity contribution in [1.82, 2.24) is 9.55 Å². The summed E-state index contributed by atoms with van der Waals surface area (Å²) in [6, 6.07) is 1.85. The van der Waals surface area contributed by atoms with Crippen molar-refractivity contribution < 1.29 is 0 Å². The third-order valence-corrected chi connectivity index (χ3v) is 4.17. The quantitative estimate of drug-likeness (QED) is 0.689. The van der Waals surface area contributed by atoms with E-state index in [1.165, 1.54) is 11.3 Å². The van der Waals surface area contributed by atoms with Crippen LogP contribution in [0.3, 0.4) is 0 Å². The fourth-order valence-electron chi connectivity index (χ4n) is 1.79. The van der Waals surface area contributed by atoms with Crippen molar-refractivity contribution in [3.8, 4) is 0 Å². The summed E-state index contributed by atoms with van der Waals surface area (Å²) in [7, 11) is 0. The van der Waals surface area contributed by atoms with Gasteiger partial charge in [-0.05, 0) is 17.9 Å². The summed E-state index contributed by atoms with van der Waals surface area (Å²) in [5.74, 6) is 0.880. The first kappa shape index (κ1) is 8.61. The molecule has 5 heteroatoms. The standard InChI is InChI=1S/C9H7BrN2OS/c10-6-1-3-12-7(6)11-8-5(9(12)13)2-4-14-8/h2,4,6H,1,3H2/t6-/m0/s1. The topological polar surface area (TPSA) is 34.9 Å². The second kappa shape index (κ2) is 2.90. The molecule has 3 heterocycles. The van der Waals surface area contributed by atoms with Gasteiger partial charge in [-0.3, -0.25) is 9.36 Å². The zero-order valence-electron chi connectivity index (χ0n) is 7.24. The normalized spacial score (nSPS) is 20.2. The molecule has 72 valence electrons. The van der Waals surface area contributed by atoms with E-state index in [1.54, 1.807) is 4.57 Å². The van der Waals surface area contributed by atoms with E-state index >= 15 is 0 Å². The minimum absolute atomic E-state index is 0.105. The number of fused-ring (bicyclic) bond motifs is 2. The number of thiophene rings is 1. The van der Waals surface area contributed by atoms with E-state index in [9.17, 15) is 4.79 Å². The van der Waals surface area contributed by atoms with E-state index < -0.39 is 0 Å². The zero-order chi connectivity index (χ0) is 9.71. The SMILES string of the molecule is O=c1c2ccsc2nc2n1CC[C@@H]2Br. The first-order valence-electron chi connectivity index (χ1n) is 4.39. The number of hydrogen-bond donors (Lipinski definition) is 0. The Bertz CT molecular complexity index is 559. The monoisotopic (exact) mass is 270 g/mol. The lowest BCUT2D eigenvalue weighted by molar-refractivity contribution is 0.719. The van der Waals surface area contributed by atoms with Crippen molar-refractivity contribution in [2.45, 2.75) is 17.8 Å². The molecule has 0 unspecified atom stereocenters. The predicted octanol–water partition coefficient (Wildman–Crippen LogP) is 2.30. The van der Waals surface area contributed by atoms with Crippen LogP contribution in [0.4, 0.5) is 0 Å². The molecule has 3 rings (SSSR count). The number of halogens is 1. The van der Waals surface area contributed by atoms with Crippen LogP contribution in [-0.2, 0) is 6.54 Å². The Hall–Kier alpha value is -0.680. The van der Waals surface area contributed by atoms with Gasteiger partial charge in [-0.1, -0.05) is 15.9 Å². The Morgan fingerprint density at radius 2 is 2.50 bits per heavy atom. The van der Waals surface area contributed by atoms with Gasteiger partial charge < -0.3 is 0 Å². The first-order valence-corrected chi connectivity index (χ1v) is 6.19. The summed E-state index contributed by atoms with van der Waals surface area (Å²) in [5.41, 5.74) is 0.105. The van der Waals surface area contributed by atoms with E-state index in [0.717, 1.165) is 29.0 Å². The smallest absolute Gasteiger partial charge is 0.262 e. The van der Waals surface area contributed by atoms with Gasteiger partial charge in [0.05, 0.1) is 10.2 Å². The van der Waals surface area contributed by atoms with Crippen LogP contribution in [0, 0.1) is 0 Å². The van der Waals surface area contributed by atoms with Gasteiger partial charge in [0.25, 0.3) is 5.56 Å². The molecule has 0 N–H and O–H groups in total. The molecule has 1 atom stereocenters. The zero-order valence-corrected chi connectivity index (χ0v) is 9.64. The average molecular weight is 271 g/mol. The lowest BCUT2D eigenvalue weighted by Gasteiger charge is -2.02. The molecule has 0 saturated carbocycles. The molecule has 3 nitrogen and oxygen atoms in total. The van der Waals surface area contributed by atoms with Gasteiger partial charge in [-0.2, -0.15) is 0 Å². The molecule has 0 bridgehead atoms. The second-order valence-corrected chi connectivity index (χ2v) is 5.32. The van der Waals surface area contributed by atoms with Crippen LogP contribution in [0.1, 0.15) is 17.1 Å². The maximum Gasteiger partial charge on any atom is 0.262 e. The van der Waals surface area contributed by atoms with Crippen LogP contribution < -0.4 is 5.56 Å². The maximum atomic E-state index is 11.9. The van der Waals surface area contributed by atoms with Gasteiger partial charge in [0.1, 0.15) is 10.7 Å². The highest BCUT2D eigenvalue weighted by Crippen LogP contribution is 2.31. The van der Waals surface area contributed by atoms with Gasteiger partial charge in [0, 0.05) is 6.54 Å². The van der Waals surface area contributed by atoms with Gasteiger partial charge in [-0.15, -0.1) is 11.3 Å². The number of rotatable bonds is 0. The van der Waals surface area contributed by atoms with Crippen LogP contribution in [0.15, 0.2) is 16.2 Å². The summed E-state index contributed by atoms with van der Waals surface area (Å²) < 4.78 is 1.77. The summed E-state index contributed by atoms with van der Waals surface area (Å²) in [4.78, 5) is 17.5. The number of nitrogens with zero attached hydrogens (tertiary/aromatic N) is 2. The highest BCUT2D eigenvalue weighted by Gasteiger charge is 2.23. The molecule has 0 spiro atoms. The molecule has 0 saturated heterocycles. The molecule has 14 heavy (non-hydrogen) atoms. The molecule has 1 aliphatic heterocycles. The molecule has 0 radical (unpaired) electrons. The fourth-order valence-corrected chi connectivity index (χ4v) is 3.11. The summed E-state index contributed by atoms with van der Waals surface area (Å²) in [5, 5.41) is 2.67. The Morgan fingerprint density at radius 1 is 1.64 bits per heavy atom. The highest BCUT2D eigenvalue weighted by atomic mass is 79.9. The molecule has 0 aliphatic carbocycles. The third kappa shape index (κ3) is 1.02. The molecule has 0 amide bonds. The largest absolute Gasteiger partial charge is 0.295 e. The van der Waals surface area contributed by atoms with Gasteiger partial charge >= 0.3 is 0 Å². The minimum Gasteiger partial charge on any atom is -0.295 e. The predicted molar refractivity (Wildman–Crippen MR) is 60.2 cm³/mol. The van der Waals surface area contributed by atoms with Crippen molar-refractivity contribution in [2.75, 3.05) is 0 Å². The van der Waals surface area contributed by atoms with Crippen molar-refractivity contribution in [3.63, 3.8) is 0 Å². The summed E-state index contributed by atoms with van der Waals surface area (Å²) in [6.07, 6.45) is 0.958. The van der Waals surface area contributed by atoms with Crippen LogP contribution in [0.2, 0.25) is 0 Å². The van der Waals surface area contributed by atoms with Crippen LogP contribution in [0.5, 0.6) is 0 Å². The van der Waals surface area contributed by atoms with E-state index in [2.05, 4.69) is 20.9 Å². The molecular formula is C9H7BrN2OS.